The second-order valence-electron chi connectivity index (χ2n) is 8.69. The molecule has 3 aromatic carbocycles. The van der Waals surface area contributed by atoms with E-state index in [4.69, 9.17) is 30.5 Å². The van der Waals surface area contributed by atoms with Crippen LogP contribution < -0.4 is 29.8 Å². The van der Waals surface area contributed by atoms with E-state index in [1.165, 1.54) is 0 Å². The smallest absolute Gasteiger partial charge is 0.322 e. The lowest BCUT2D eigenvalue weighted by Crippen LogP contribution is -2.37. The molecule has 9 nitrogen and oxygen atoms in total. The molecule has 0 fully saturated rings. The fraction of sp³-hybridized carbons (Fsp3) is 0.214. The van der Waals surface area contributed by atoms with Crippen molar-refractivity contribution >= 4 is 34.2 Å². The molecule has 38 heavy (non-hydrogen) atoms. The summed E-state index contributed by atoms with van der Waals surface area (Å²) in [4.78, 5) is 30.9. The molecule has 196 valence electrons. The maximum absolute atomic E-state index is 13.4. The van der Waals surface area contributed by atoms with Gasteiger partial charge in [-0.05, 0) is 48.4 Å². The number of methoxy groups -OCH3 is 2. The Labute approximate surface area is 223 Å². The number of fused-ring (bicyclic) bond motifs is 2. The number of amides is 2. The Balaban J connectivity index is 1.43. The Morgan fingerprint density at radius 3 is 2.55 bits per heavy atom. The second kappa shape index (κ2) is 10.9. The number of halogens is 1. The highest BCUT2D eigenvalue weighted by Crippen LogP contribution is 2.35. The van der Waals surface area contributed by atoms with Crippen LogP contribution in [0, 0.1) is 0 Å². The van der Waals surface area contributed by atoms with E-state index in [1.54, 1.807) is 55.5 Å². The molecule has 0 unspecified atom stereocenters. The van der Waals surface area contributed by atoms with Crippen LogP contribution in [0.1, 0.15) is 11.1 Å². The van der Waals surface area contributed by atoms with Crippen LogP contribution in [0.25, 0.3) is 10.9 Å². The zero-order valence-electron chi connectivity index (χ0n) is 20.9. The minimum Gasteiger partial charge on any atom is -0.493 e. The van der Waals surface area contributed by atoms with Crippen LogP contribution >= 0.6 is 11.6 Å². The van der Waals surface area contributed by atoms with Gasteiger partial charge in [-0.3, -0.25) is 4.79 Å². The molecule has 10 heteroatoms. The van der Waals surface area contributed by atoms with E-state index in [9.17, 15) is 9.59 Å². The molecule has 1 aliphatic rings. The number of pyridine rings is 1. The Kier molecular flexibility index (Phi) is 7.28. The number of ether oxygens (including phenoxy) is 4. The number of benzene rings is 3. The van der Waals surface area contributed by atoms with E-state index in [2.05, 4.69) is 10.3 Å². The molecule has 0 bridgehead atoms. The highest BCUT2D eigenvalue weighted by atomic mass is 35.5. The van der Waals surface area contributed by atoms with Crippen LogP contribution in [0.5, 0.6) is 23.0 Å². The standard InChI is InChI=1S/C28H26ClN3O6/c1-35-23-8-7-17(11-24(23)36-2)9-10-32(28(34)31-21-6-4-3-5-20(21)29)15-19-12-18-13-25-26(38-16-37-25)14-22(18)30-27(19)33/h3-8,11-14H,9-10,15-16H2,1-2H3,(H,30,33)(H,31,34). The minimum atomic E-state index is -0.385. The SMILES string of the molecule is COc1ccc(CCN(Cc2cc3cc4c(cc3[nH]c2=O)OCO4)C(=O)Nc2ccccc2Cl)cc1OC. The molecule has 4 aromatic rings. The van der Waals surface area contributed by atoms with Crippen molar-refractivity contribution in [1.29, 1.82) is 0 Å². The quantitative estimate of drug-likeness (QED) is 0.321. The van der Waals surface area contributed by atoms with Crippen molar-refractivity contribution in [2.45, 2.75) is 13.0 Å². The summed E-state index contributed by atoms with van der Waals surface area (Å²) in [6.07, 6.45) is 0.514. The number of anilines is 1. The molecule has 2 amide bonds. The number of hydrogen-bond acceptors (Lipinski definition) is 6. The molecule has 2 heterocycles. The first-order chi connectivity index (χ1) is 18.4. The normalized spacial score (nSPS) is 11.9. The van der Waals surface area contributed by atoms with Crippen LogP contribution in [0.2, 0.25) is 5.02 Å². The first-order valence-electron chi connectivity index (χ1n) is 11.9. The summed E-state index contributed by atoms with van der Waals surface area (Å²) in [5, 5.41) is 4.05. The minimum absolute atomic E-state index is 0.0727. The van der Waals surface area contributed by atoms with Crippen LogP contribution in [0.4, 0.5) is 10.5 Å². The number of aromatic nitrogens is 1. The molecular weight excluding hydrogens is 510 g/mol. The highest BCUT2D eigenvalue weighted by Gasteiger charge is 2.20. The molecular formula is C28H26ClN3O6. The van der Waals surface area contributed by atoms with Crippen molar-refractivity contribution in [3.63, 3.8) is 0 Å². The number of carbonyl (C=O) groups is 1. The summed E-state index contributed by atoms with van der Waals surface area (Å²) in [7, 11) is 3.15. The number of para-hydroxylation sites is 1. The van der Waals surface area contributed by atoms with Gasteiger partial charge in [-0.2, -0.15) is 0 Å². The molecule has 0 saturated carbocycles. The van der Waals surface area contributed by atoms with Gasteiger partial charge in [-0.15, -0.1) is 0 Å². The number of urea groups is 1. The summed E-state index contributed by atoms with van der Waals surface area (Å²) in [5.41, 5.74) is 2.19. The Bertz CT molecular complexity index is 1550. The summed E-state index contributed by atoms with van der Waals surface area (Å²) >= 11 is 6.27. The largest absolute Gasteiger partial charge is 0.493 e. The van der Waals surface area contributed by atoms with Crippen LogP contribution in [0.3, 0.4) is 0 Å². The number of hydrogen-bond donors (Lipinski definition) is 2. The predicted octanol–water partition coefficient (Wildman–Crippen LogP) is 5.20. The van der Waals surface area contributed by atoms with Gasteiger partial charge in [0, 0.05) is 23.6 Å². The van der Waals surface area contributed by atoms with Gasteiger partial charge >= 0.3 is 6.03 Å². The first-order valence-corrected chi connectivity index (χ1v) is 12.3. The molecule has 0 saturated heterocycles. The lowest BCUT2D eigenvalue weighted by atomic mass is 10.1. The van der Waals surface area contributed by atoms with Crippen molar-refractivity contribution in [2.24, 2.45) is 0 Å². The third-order valence-corrected chi connectivity index (χ3v) is 6.63. The number of carbonyl (C=O) groups excluding carboxylic acids is 1. The van der Waals surface area contributed by atoms with E-state index < -0.39 is 0 Å². The van der Waals surface area contributed by atoms with Crippen LogP contribution in [-0.2, 0) is 13.0 Å². The fourth-order valence-electron chi connectivity index (χ4n) is 4.27. The summed E-state index contributed by atoms with van der Waals surface area (Å²) < 4.78 is 21.6. The Morgan fingerprint density at radius 2 is 1.79 bits per heavy atom. The number of nitrogens with one attached hydrogen (secondary N) is 2. The summed E-state index contributed by atoms with van der Waals surface area (Å²) in [6.45, 7) is 0.530. The molecule has 1 aliphatic heterocycles. The predicted molar refractivity (Wildman–Crippen MR) is 145 cm³/mol. The van der Waals surface area contributed by atoms with E-state index >= 15 is 0 Å². The molecule has 0 spiro atoms. The van der Waals surface area contributed by atoms with Gasteiger partial charge in [0.25, 0.3) is 5.56 Å². The average Bonchev–Trinajstić information content (AvgIpc) is 3.38. The van der Waals surface area contributed by atoms with E-state index in [1.807, 2.05) is 24.3 Å². The topological polar surface area (TPSA) is 102 Å². The average molecular weight is 536 g/mol. The number of H-pyrrole nitrogens is 1. The van der Waals surface area contributed by atoms with Gasteiger partial charge in [0.05, 0.1) is 37.0 Å². The molecule has 0 aliphatic carbocycles. The van der Waals surface area contributed by atoms with E-state index in [0.29, 0.717) is 57.8 Å². The second-order valence-corrected chi connectivity index (χ2v) is 9.09. The third-order valence-electron chi connectivity index (χ3n) is 6.30. The maximum Gasteiger partial charge on any atom is 0.322 e. The van der Waals surface area contributed by atoms with Crippen molar-refractivity contribution in [3.05, 3.63) is 87.2 Å². The molecule has 0 radical (unpaired) electrons. The summed E-state index contributed by atoms with van der Waals surface area (Å²) in [5.74, 6) is 2.41. The van der Waals surface area contributed by atoms with Crippen molar-refractivity contribution in [3.8, 4) is 23.0 Å². The van der Waals surface area contributed by atoms with Gasteiger partial charge in [0.1, 0.15) is 0 Å². The zero-order chi connectivity index (χ0) is 26.6. The summed E-state index contributed by atoms with van der Waals surface area (Å²) in [6, 6.07) is 17.5. The van der Waals surface area contributed by atoms with Gasteiger partial charge < -0.3 is 34.1 Å². The van der Waals surface area contributed by atoms with Gasteiger partial charge in [-0.25, -0.2) is 4.79 Å². The molecule has 1 aromatic heterocycles. The molecule has 2 N–H and O–H groups in total. The zero-order valence-corrected chi connectivity index (χ0v) is 21.6. The van der Waals surface area contributed by atoms with Gasteiger partial charge in [0.2, 0.25) is 6.79 Å². The van der Waals surface area contributed by atoms with Crippen molar-refractivity contribution < 1.29 is 23.7 Å². The number of nitrogens with zero attached hydrogens (tertiary/aromatic N) is 1. The van der Waals surface area contributed by atoms with Crippen molar-refractivity contribution in [2.75, 3.05) is 32.9 Å². The monoisotopic (exact) mass is 535 g/mol. The molecule has 5 rings (SSSR count). The van der Waals surface area contributed by atoms with E-state index in [0.717, 1.165) is 10.9 Å². The maximum atomic E-state index is 13.4. The van der Waals surface area contributed by atoms with Crippen LogP contribution in [-0.4, -0.2) is 43.5 Å². The van der Waals surface area contributed by atoms with Gasteiger partial charge in [0.15, 0.2) is 23.0 Å². The lowest BCUT2D eigenvalue weighted by molar-refractivity contribution is 0.174. The lowest BCUT2D eigenvalue weighted by Gasteiger charge is -2.24. The van der Waals surface area contributed by atoms with E-state index in [-0.39, 0.29) is 24.9 Å². The van der Waals surface area contributed by atoms with Crippen LogP contribution in [0.15, 0.2) is 65.5 Å². The van der Waals surface area contributed by atoms with Crippen molar-refractivity contribution in [1.82, 2.24) is 9.88 Å². The number of aromatic amines is 1. The van der Waals surface area contributed by atoms with Gasteiger partial charge in [-0.1, -0.05) is 29.8 Å². The number of rotatable bonds is 8. The highest BCUT2D eigenvalue weighted by molar-refractivity contribution is 6.33. The third kappa shape index (κ3) is 5.33. The first kappa shape index (κ1) is 25.3. The Morgan fingerprint density at radius 1 is 1.03 bits per heavy atom. The molecule has 0 atom stereocenters. The Hall–Kier alpha value is -4.37. The fourth-order valence-corrected chi connectivity index (χ4v) is 4.46.